The molecule has 0 heterocycles. The number of hydrogen-bond donors (Lipinski definition) is 1. The molecule has 172 valence electrons. The van der Waals surface area contributed by atoms with Crippen LogP contribution in [0.4, 0.5) is 0 Å². The van der Waals surface area contributed by atoms with Crippen LogP contribution in [0.15, 0.2) is 48.5 Å². The number of rotatable bonds is 17. The van der Waals surface area contributed by atoms with Crippen molar-refractivity contribution in [1.82, 2.24) is 10.2 Å². The van der Waals surface area contributed by atoms with Crippen molar-refractivity contribution in [1.29, 1.82) is 0 Å². The zero-order valence-electron chi connectivity index (χ0n) is 19.9. The maximum atomic E-state index is 6.01. The monoisotopic (exact) mass is 426 g/mol. The fraction of sp³-hybridized carbons (Fsp3) is 0.556. The second-order valence-electron chi connectivity index (χ2n) is 8.07. The molecular weight excluding hydrogens is 384 g/mol. The summed E-state index contributed by atoms with van der Waals surface area (Å²) < 4.78 is 11.9. The van der Waals surface area contributed by atoms with Crippen molar-refractivity contribution in [3.8, 4) is 11.5 Å². The van der Waals surface area contributed by atoms with E-state index in [0.29, 0.717) is 13.2 Å². The normalized spacial score (nSPS) is 11.1. The topological polar surface area (TPSA) is 33.7 Å². The minimum Gasteiger partial charge on any atom is -0.490 e. The van der Waals surface area contributed by atoms with E-state index in [1.54, 1.807) is 0 Å². The van der Waals surface area contributed by atoms with Crippen LogP contribution in [-0.4, -0.2) is 37.7 Å². The van der Waals surface area contributed by atoms with Crippen LogP contribution in [0, 0.1) is 0 Å². The van der Waals surface area contributed by atoms with Crippen molar-refractivity contribution in [3.63, 3.8) is 0 Å². The molecule has 0 atom stereocenters. The lowest BCUT2D eigenvalue weighted by Crippen LogP contribution is -2.29. The predicted molar refractivity (Wildman–Crippen MR) is 131 cm³/mol. The van der Waals surface area contributed by atoms with Crippen LogP contribution < -0.4 is 14.8 Å². The van der Waals surface area contributed by atoms with Gasteiger partial charge in [0.25, 0.3) is 0 Å². The molecule has 31 heavy (non-hydrogen) atoms. The molecule has 0 radical (unpaired) electrons. The molecule has 2 aromatic carbocycles. The number of benzene rings is 2. The van der Waals surface area contributed by atoms with Crippen LogP contribution in [0.2, 0.25) is 0 Å². The third-order valence-corrected chi connectivity index (χ3v) is 5.36. The smallest absolute Gasteiger partial charge is 0.161 e. The lowest BCUT2D eigenvalue weighted by Gasteiger charge is -2.22. The predicted octanol–water partition coefficient (Wildman–Crippen LogP) is 6.05. The molecule has 2 rings (SSSR count). The van der Waals surface area contributed by atoms with Gasteiger partial charge in [-0.2, -0.15) is 0 Å². The minimum absolute atomic E-state index is 0.547. The summed E-state index contributed by atoms with van der Waals surface area (Å²) in [6.07, 6.45) is 6.33. The van der Waals surface area contributed by atoms with Gasteiger partial charge in [-0.1, -0.05) is 63.1 Å². The van der Waals surface area contributed by atoms with Gasteiger partial charge in [-0.25, -0.2) is 0 Å². The molecule has 0 amide bonds. The van der Waals surface area contributed by atoms with Gasteiger partial charge in [-0.15, -0.1) is 0 Å². The molecule has 0 aliphatic rings. The van der Waals surface area contributed by atoms with E-state index >= 15 is 0 Å². The Morgan fingerprint density at radius 1 is 0.742 bits per heavy atom. The molecule has 1 N–H and O–H groups in total. The van der Waals surface area contributed by atoms with Crippen molar-refractivity contribution in [2.75, 3.05) is 32.8 Å². The van der Waals surface area contributed by atoms with Crippen LogP contribution in [0.5, 0.6) is 11.5 Å². The number of unbranched alkanes of at least 4 members (excludes halogenated alkanes) is 2. The van der Waals surface area contributed by atoms with Gasteiger partial charge in [0.2, 0.25) is 0 Å². The van der Waals surface area contributed by atoms with E-state index in [1.165, 1.54) is 57.3 Å². The Bertz CT molecular complexity index is 698. The van der Waals surface area contributed by atoms with Gasteiger partial charge in [0.05, 0.1) is 6.61 Å². The van der Waals surface area contributed by atoms with E-state index in [9.17, 15) is 0 Å². The maximum Gasteiger partial charge on any atom is 0.161 e. The van der Waals surface area contributed by atoms with Crippen LogP contribution in [0.3, 0.4) is 0 Å². The third-order valence-electron chi connectivity index (χ3n) is 5.36. The van der Waals surface area contributed by atoms with Crippen molar-refractivity contribution >= 4 is 0 Å². The molecule has 0 aromatic heterocycles. The molecule has 0 saturated carbocycles. The second-order valence-corrected chi connectivity index (χ2v) is 8.07. The summed E-state index contributed by atoms with van der Waals surface area (Å²) >= 11 is 0. The molecule has 0 unspecified atom stereocenters. The molecule has 0 bridgehead atoms. The van der Waals surface area contributed by atoms with Crippen LogP contribution in [-0.2, 0) is 13.2 Å². The van der Waals surface area contributed by atoms with Crippen molar-refractivity contribution in [2.45, 2.75) is 66.0 Å². The first-order valence-electron chi connectivity index (χ1n) is 12.1. The minimum atomic E-state index is 0.547. The SMILES string of the molecule is CCCCN(CCCC)CCCNCc1ccc(OCc2ccccc2)c(OCC)c1. The van der Waals surface area contributed by atoms with Gasteiger partial charge in [-0.3, -0.25) is 0 Å². The summed E-state index contributed by atoms with van der Waals surface area (Å²) in [6.45, 7) is 13.3. The van der Waals surface area contributed by atoms with Gasteiger partial charge in [0.1, 0.15) is 6.61 Å². The maximum absolute atomic E-state index is 6.01. The Morgan fingerprint density at radius 3 is 2.13 bits per heavy atom. The van der Waals surface area contributed by atoms with Gasteiger partial charge >= 0.3 is 0 Å². The number of nitrogens with zero attached hydrogens (tertiary/aromatic N) is 1. The summed E-state index contributed by atoms with van der Waals surface area (Å²) in [7, 11) is 0. The molecule has 4 nitrogen and oxygen atoms in total. The molecular formula is C27H42N2O2. The van der Waals surface area contributed by atoms with Crippen LogP contribution in [0.25, 0.3) is 0 Å². The molecule has 0 fully saturated rings. The Balaban J connectivity index is 1.78. The zero-order valence-corrected chi connectivity index (χ0v) is 19.9. The van der Waals surface area contributed by atoms with Gasteiger partial charge in [-0.05, 0) is 75.6 Å². The lowest BCUT2D eigenvalue weighted by atomic mass is 10.2. The van der Waals surface area contributed by atoms with Gasteiger partial charge in [0, 0.05) is 6.54 Å². The highest BCUT2D eigenvalue weighted by molar-refractivity contribution is 5.43. The highest BCUT2D eigenvalue weighted by Gasteiger charge is 2.08. The number of hydrogen-bond acceptors (Lipinski definition) is 4. The highest BCUT2D eigenvalue weighted by Crippen LogP contribution is 2.29. The average Bonchev–Trinajstić information content (AvgIpc) is 2.80. The molecule has 0 spiro atoms. The fourth-order valence-corrected chi connectivity index (χ4v) is 3.54. The highest BCUT2D eigenvalue weighted by atomic mass is 16.5. The molecule has 0 aliphatic carbocycles. The Hall–Kier alpha value is -2.04. The standard InChI is InChI=1S/C27H42N2O2/c1-4-7-18-29(19-8-5-2)20-12-17-28-22-25-15-16-26(27(21-25)30-6-3)31-23-24-13-10-9-11-14-24/h9-11,13-16,21,28H,4-8,12,17-20,22-23H2,1-3H3. The van der Waals surface area contributed by atoms with Crippen molar-refractivity contribution < 1.29 is 9.47 Å². The van der Waals surface area contributed by atoms with Crippen LogP contribution >= 0.6 is 0 Å². The lowest BCUT2D eigenvalue weighted by molar-refractivity contribution is 0.261. The first-order chi connectivity index (χ1) is 15.3. The molecule has 0 saturated heterocycles. The summed E-state index contributed by atoms with van der Waals surface area (Å²) in [5.74, 6) is 1.62. The van der Waals surface area contributed by atoms with E-state index in [4.69, 9.17) is 9.47 Å². The molecule has 0 aliphatic heterocycles. The second kappa shape index (κ2) is 15.7. The van der Waals surface area contributed by atoms with E-state index in [0.717, 1.165) is 30.2 Å². The quantitative estimate of drug-likeness (QED) is 0.312. The van der Waals surface area contributed by atoms with E-state index in [1.807, 2.05) is 31.2 Å². The summed E-state index contributed by atoms with van der Waals surface area (Å²) in [5, 5.41) is 3.59. The fourth-order valence-electron chi connectivity index (χ4n) is 3.54. The largest absolute Gasteiger partial charge is 0.490 e. The van der Waals surface area contributed by atoms with Crippen molar-refractivity contribution in [2.24, 2.45) is 0 Å². The van der Waals surface area contributed by atoms with Gasteiger partial charge in [0.15, 0.2) is 11.5 Å². The Morgan fingerprint density at radius 2 is 1.45 bits per heavy atom. The molecule has 4 heteroatoms. The van der Waals surface area contributed by atoms with Crippen LogP contribution in [0.1, 0.15) is 64.0 Å². The van der Waals surface area contributed by atoms with Gasteiger partial charge < -0.3 is 19.7 Å². The van der Waals surface area contributed by atoms with E-state index in [-0.39, 0.29) is 0 Å². The van der Waals surface area contributed by atoms with E-state index in [2.05, 4.69) is 48.3 Å². The summed E-state index contributed by atoms with van der Waals surface area (Å²) in [4.78, 5) is 2.63. The third kappa shape index (κ3) is 10.2. The zero-order chi connectivity index (χ0) is 22.2. The average molecular weight is 427 g/mol. The van der Waals surface area contributed by atoms with Crippen molar-refractivity contribution in [3.05, 3.63) is 59.7 Å². The molecule has 2 aromatic rings. The first kappa shape index (κ1) is 25.2. The first-order valence-corrected chi connectivity index (χ1v) is 12.1. The number of ether oxygens (including phenoxy) is 2. The summed E-state index contributed by atoms with van der Waals surface area (Å²) in [6, 6.07) is 16.5. The van der Waals surface area contributed by atoms with E-state index < -0.39 is 0 Å². The Labute approximate surface area is 189 Å². The Kier molecular flexibility index (Phi) is 12.8. The summed E-state index contributed by atoms with van der Waals surface area (Å²) in [5.41, 5.74) is 2.38. The number of nitrogens with one attached hydrogen (secondary N) is 1.